The standard InChI is InChI=1S/C43H63N5O4/c1-30(44-5)41(51)46-40(43(2,3)4)42(52)47-24-16-21-36(47)29-48(37-27-33-19-14-15-20-34(33)28-37)39(50)23-11-9-7-6-8-10-22-38(49)45-35-25-31-17-12-13-18-32(31)26-35/h12-15,17-20,30,35-37,40,44H,6-11,16,21-29H2,1-5H3,(H,45,49)(H,46,51)/t30-,36-,40+/m0/s1. The SMILES string of the molecule is CN[C@@H](C)C(=O)N[C@H](C(=O)N1CCC[C@H]1CN(C(=O)CCCCCCCCC(=O)NC1Cc2ccccc2C1)C1Cc2ccccc2C1)C(C)(C)C. The fourth-order valence-electron chi connectivity index (χ4n) is 8.34. The number of hydrogen-bond donors (Lipinski definition) is 3. The van der Waals surface area contributed by atoms with Gasteiger partial charge in [-0.3, -0.25) is 19.2 Å². The highest BCUT2D eigenvalue weighted by atomic mass is 16.2. The van der Waals surface area contributed by atoms with E-state index in [1.165, 1.54) is 22.3 Å². The number of fused-ring (bicyclic) bond motifs is 2. The van der Waals surface area contributed by atoms with E-state index in [2.05, 4.69) is 69.4 Å². The number of likely N-dealkylation sites (N-methyl/N-ethyl adjacent to an activating group) is 1. The highest BCUT2D eigenvalue weighted by Crippen LogP contribution is 2.30. The van der Waals surface area contributed by atoms with Crippen LogP contribution < -0.4 is 16.0 Å². The molecule has 3 atom stereocenters. The van der Waals surface area contributed by atoms with Gasteiger partial charge in [-0.15, -0.1) is 0 Å². The van der Waals surface area contributed by atoms with Gasteiger partial charge in [-0.2, -0.15) is 0 Å². The van der Waals surface area contributed by atoms with Crippen LogP contribution in [0.2, 0.25) is 0 Å². The maximum atomic E-state index is 14.1. The van der Waals surface area contributed by atoms with E-state index in [1.54, 1.807) is 14.0 Å². The Morgan fingerprint density at radius 2 is 1.35 bits per heavy atom. The van der Waals surface area contributed by atoms with Crippen molar-refractivity contribution in [3.05, 3.63) is 70.8 Å². The average molecular weight is 714 g/mol. The summed E-state index contributed by atoms with van der Waals surface area (Å²) < 4.78 is 0. The zero-order chi connectivity index (χ0) is 37.3. The minimum absolute atomic E-state index is 0.0599. The molecule has 0 radical (unpaired) electrons. The lowest BCUT2D eigenvalue weighted by Gasteiger charge is -2.39. The highest BCUT2D eigenvalue weighted by molar-refractivity contribution is 5.90. The Morgan fingerprint density at radius 3 is 1.90 bits per heavy atom. The molecule has 2 aliphatic carbocycles. The Hall–Kier alpha value is -3.72. The fourth-order valence-corrected chi connectivity index (χ4v) is 8.34. The van der Waals surface area contributed by atoms with Crippen LogP contribution >= 0.6 is 0 Å². The summed E-state index contributed by atoms with van der Waals surface area (Å²) in [5.41, 5.74) is 4.85. The predicted molar refractivity (Wildman–Crippen MR) is 207 cm³/mol. The number of benzene rings is 2. The van der Waals surface area contributed by atoms with E-state index in [4.69, 9.17) is 0 Å². The van der Waals surface area contributed by atoms with E-state index in [9.17, 15) is 19.2 Å². The summed E-state index contributed by atoms with van der Waals surface area (Å²) in [6.07, 6.45) is 12.2. The van der Waals surface area contributed by atoms with Crippen LogP contribution in [-0.2, 0) is 44.9 Å². The lowest BCUT2D eigenvalue weighted by molar-refractivity contribution is -0.142. The molecule has 284 valence electrons. The molecule has 0 unspecified atom stereocenters. The Balaban J connectivity index is 1.10. The van der Waals surface area contributed by atoms with E-state index >= 15 is 0 Å². The topological polar surface area (TPSA) is 111 Å². The van der Waals surface area contributed by atoms with Gasteiger partial charge in [-0.1, -0.05) is 95.0 Å². The highest BCUT2D eigenvalue weighted by Gasteiger charge is 2.42. The van der Waals surface area contributed by atoms with Crippen molar-refractivity contribution in [2.45, 2.75) is 148 Å². The van der Waals surface area contributed by atoms with Crippen LogP contribution in [0.3, 0.4) is 0 Å². The first-order chi connectivity index (χ1) is 24.9. The molecule has 1 saturated heterocycles. The zero-order valence-electron chi connectivity index (χ0n) is 32.3. The molecule has 0 aromatic heterocycles. The average Bonchev–Trinajstić information content (AvgIpc) is 3.87. The van der Waals surface area contributed by atoms with Gasteiger partial charge in [0.05, 0.1) is 6.04 Å². The van der Waals surface area contributed by atoms with Gasteiger partial charge < -0.3 is 25.8 Å². The molecular formula is C43H63N5O4. The van der Waals surface area contributed by atoms with Crippen molar-refractivity contribution in [1.29, 1.82) is 0 Å². The summed E-state index contributed by atoms with van der Waals surface area (Å²) in [6, 6.07) is 16.1. The maximum Gasteiger partial charge on any atom is 0.246 e. The third kappa shape index (κ3) is 10.5. The molecule has 3 N–H and O–H groups in total. The molecule has 1 heterocycles. The molecule has 9 heteroatoms. The second kappa shape index (κ2) is 18.4. The molecule has 9 nitrogen and oxygen atoms in total. The Kier molecular flexibility index (Phi) is 13.9. The second-order valence-electron chi connectivity index (χ2n) is 16.6. The summed E-state index contributed by atoms with van der Waals surface area (Å²) >= 11 is 0. The van der Waals surface area contributed by atoms with Crippen LogP contribution in [0.5, 0.6) is 0 Å². The van der Waals surface area contributed by atoms with Gasteiger partial charge in [-0.05, 0) is 93.0 Å². The van der Waals surface area contributed by atoms with Crippen LogP contribution in [-0.4, -0.2) is 83.8 Å². The van der Waals surface area contributed by atoms with Crippen molar-refractivity contribution in [3.63, 3.8) is 0 Å². The summed E-state index contributed by atoms with van der Waals surface area (Å²) in [5, 5.41) is 9.23. The number of nitrogens with one attached hydrogen (secondary N) is 3. The number of nitrogens with zero attached hydrogens (tertiary/aromatic N) is 2. The number of likely N-dealkylation sites (tertiary alicyclic amines) is 1. The van der Waals surface area contributed by atoms with Crippen molar-refractivity contribution in [3.8, 4) is 0 Å². The molecular weight excluding hydrogens is 651 g/mol. The third-order valence-corrected chi connectivity index (χ3v) is 11.5. The number of carbonyl (C=O) groups is 4. The second-order valence-corrected chi connectivity index (χ2v) is 16.6. The van der Waals surface area contributed by atoms with E-state index in [-0.39, 0.29) is 41.8 Å². The third-order valence-electron chi connectivity index (χ3n) is 11.5. The van der Waals surface area contributed by atoms with Gasteiger partial charge in [-0.25, -0.2) is 0 Å². The van der Waals surface area contributed by atoms with E-state index in [0.717, 1.165) is 77.0 Å². The largest absolute Gasteiger partial charge is 0.353 e. The molecule has 52 heavy (non-hydrogen) atoms. The van der Waals surface area contributed by atoms with Gasteiger partial charge in [0.25, 0.3) is 0 Å². The zero-order valence-corrected chi connectivity index (χ0v) is 32.3. The van der Waals surface area contributed by atoms with E-state index in [0.29, 0.717) is 25.9 Å². The lowest BCUT2D eigenvalue weighted by atomic mass is 9.85. The van der Waals surface area contributed by atoms with Gasteiger partial charge in [0.15, 0.2) is 0 Å². The normalized spacial score (nSPS) is 18.5. The number of amides is 4. The lowest BCUT2D eigenvalue weighted by Crippen LogP contribution is -2.59. The minimum Gasteiger partial charge on any atom is -0.353 e. The first-order valence-electron chi connectivity index (χ1n) is 19.9. The molecule has 5 rings (SSSR count). The van der Waals surface area contributed by atoms with Crippen LogP contribution in [0, 0.1) is 5.41 Å². The summed E-state index contributed by atoms with van der Waals surface area (Å²) in [7, 11) is 1.74. The van der Waals surface area contributed by atoms with Crippen molar-refractivity contribution in [2.24, 2.45) is 5.41 Å². The Bertz CT molecular complexity index is 1490. The van der Waals surface area contributed by atoms with Crippen LogP contribution in [0.4, 0.5) is 0 Å². The van der Waals surface area contributed by atoms with Gasteiger partial charge in [0, 0.05) is 44.1 Å². The molecule has 1 aliphatic heterocycles. The van der Waals surface area contributed by atoms with Crippen molar-refractivity contribution >= 4 is 23.6 Å². The molecule has 2 aromatic rings. The van der Waals surface area contributed by atoms with E-state index in [1.807, 2.05) is 25.7 Å². The minimum atomic E-state index is -0.657. The molecule has 2 aromatic carbocycles. The summed E-state index contributed by atoms with van der Waals surface area (Å²) in [6.45, 7) is 8.92. The molecule has 0 spiro atoms. The summed E-state index contributed by atoms with van der Waals surface area (Å²) in [5.74, 6) is 0.0763. The first-order valence-corrected chi connectivity index (χ1v) is 19.9. The number of hydrogen-bond acceptors (Lipinski definition) is 5. The van der Waals surface area contributed by atoms with Gasteiger partial charge in [0.2, 0.25) is 23.6 Å². The Labute approximate surface area is 312 Å². The molecule has 1 fully saturated rings. The predicted octanol–water partition coefficient (Wildman–Crippen LogP) is 5.52. The van der Waals surface area contributed by atoms with Crippen molar-refractivity contribution in [2.75, 3.05) is 20.1 Å². The monoisotopic (exact) mass is 713 g/mol. The van der Waals surface area contributed by atoms with Gasteiger partial charge >= 0.3 is 0 Å². The smallest absolute Gasteiger partial charge is 0.246 e. The number of unbranched alkanes of at least 4 members (excludes halogenated alkanes) is 5. The van der Waals surface area contributed by atoms with Crippen molar-refractivity contribution in [1.82, 2.24) is 25.8 Å². The number of carbonyl (C=O) groups excluding carboxylic acids is 4. The quantitative estimate of drug-likeness (QED) is 0.187. The number of rotatable bonds is 17. The maximum absolute atomic E-state index is 14.1. The Morgan fingerprint density at radius 1 is 0.808 bits per heavy atom. The first kappa shape index (κ1) is 39.5. The molecule has 0 saturated carbocycles. The summed E-state index contributed by atoms with van der Waals surface area (Å²) in [4.78, 5) is 57.6. The molecule has 3 aliphatic rings. The molecule has 0 bridgehead atoms. The molecule has 4 amide bonds. The van der Waals surface area contributed by atoms with Crippen LogP contribution in [0.15, 0.2) is 48.5 Å². The fraction of sp³-hybridized carbons (Fsp3) is 0.628. The van der Waals surface area contributed by atoms with Crippen LogP contribution in [0.1, 0.15) is 114 Å². The van der Waals surface area contributed by atoms with Crippen LogP contribution in [0.25, 0.3) is 0 Å². The van der Waals surface area contributed by atoms with E-state index < -0.39 is 17.5 Å². The van der Waals surface area contributed by atoms with Crippen molar-refractivity contribution < 1.29 is 19.2 Å². The van der Waals surface area contributed by atoms with Gasteiger partial charge in [0.1, 0.15) is 6.04 Å².